The zero-order valence-corrected chi connectivity index (χ0v) is 19.2. The van der Waals surface area contributed by atoms with Crippen molar-refractivity contribution in [3.05, 3.63) is 65.6 Å². The molecule has 2 nitrogen and oxygen atoms in total. The number of rotatable bonds is 8. The fourth-order valence-electron chi connectivity index (χ4n) is 5.73. The maximum atomic E-state index is 14.1. The number of halogens is 1. The zero-order valence-electron chi connectivity index (χ0n) is 19.2. The van der Waals surface area contributed by atoms with Gasteiger partial charge in [-0.25, -0.2) is 4.39 Å². The Morgan fingerprint density at radius 3 is 2.58 bits per heavy atom. The van der Waals surface area contributed by atoms with Gasteiger partial charge in [-0.05, 0) is 72.2 Å². The van der Waals surface area contributed by atoms with E-state index in [-0.39, 0.29) is 11.2 Å². The molecule has 0 aliphatic heterocycles. The first-order valence-electron chi connectivity index (χ1n) is 11.9. The van der Waals surface area contributed by atoms with Gasteiger partial charge in [0.2, 0.25) is 0 Å². The van der Waals surface area contributed by atoms with Crippen LogP contribution in [0.4, 0.5) is 4.39 Å². The van der Waals surface area contributed by atoms with Crippen molar-refractivity contribution in [2.45, 2.75) is 70.6 Å². The summed E-state index contributed by atoms with van der Waals surface area (Å²) in [6.45, 7) is 4.48. The van der Waals surface area contributed by atoms with Crippen LogP contribution in [0.15, 0.2) is 48.5 Å². The topological polar surface area (TPSA) is 25.0 Å². The van der Waals surface area contributed by atoms with Crippen LogP contribution in [0.2, 0.25) is 0 Å². The smallest absolute Gasteiger partial charge is 0.123 e. The Balaban J connectivity index is 1.59. The third kappa shape index (κ3) is 5.31. The number of hydrogen-bond donors (Lipinski definition) is 1. The highest BCUT2D eigenvalue weighted by molar-refractivity contribution is 5.80. The number of fused-ring (bicyclic) bond motifs is 1. The predicted octanol–water partition coefficient (Wildman–Crippen LogP) is 7.81. The lowest BCUT2D eigenvalue weighted by atomic mass is 9.72. The van der Waals surface area contributed by atoms with Crippen molar-refractivity contribution in [2.24, 2.45) is 11.8 Å². The maximum Gasteiger partial charge on any atom is 0.123 e. The molecular weight excluding hydrogens is 385 g/mol. The molecule has 1 fully saturated rings. The Bertz CT molecular complexity index is 966. The number of para-hydroxylation sites is 1. The molecule has 1 aliphatic rings. The van der Waals surface area contributed by atoms with Crippen molar-refractivity contribution in [1.82, 2.24) is 4.98 Å². The second-order valence-electron chi connectivity index (χ2n) is 10.1. The van der Waals surface area contributed by atoms with Gasteiger partial charge in [0, 0.05) is 16.8 Å². The fraction of sp³-hybridized carbons (Fsp3) is 0.500. The minimum absolute atomic E-state index is 0.168. The molecule has 31 heavy (non-hydrogen) atoms. The minimum atomic E-state index is -0.191. The first-order valence-corrected chi connectivity index (χ1v) is 11.9. The van der Waals surface area contributed by atoms with E-state index in [2.05, 4.69) is 49.2 Å². The van der Waals surface area contributed by atoms with Crippen LogP contribution in [-0.2, 0) is 11.8 Å². The summed E-state index contributed by atoms with van der Waals surface area (Å²) in [5.41, 5.74) is 3.32. The predicted molar refractivity (Wildman–Crippen MR) is 127 cm³/mol. The second kappa shape index (κ2) is 9.46. The van der Waals surface area contributed by atoms with E-state index >= 15 is 0 Å². The van der Waals surface area contributed by atoms with Crippen LogP contribution in [0.1, 0.15) is 70.1 Å². The third-order valence-electron chi connectivity index (χ3n) is 7.18. The van der Waals surface area contributed by atoms with Gasteiger partial charge in [0.15, 0.2) is 0 Å². The van der Waals surface area contributed by atoms with Crippen LogP contribution >= 0.6 is 0 Å². The molecule has 1 unspecified atom stereocenters. The summed E-state index contributed by atoms with van der Waals surface area (Å²) in [6, 6.07) is 15.7. The Hall–Kier alpha value is -2.29. The van der Waals surface area contributed by atoms with Crippen LogP contribution in [0.3, 0.4) is 0 Å². The monoisotopic (exact) mass is 421 g/mol. The van der Waals surface area contributed by atoms with Gasteiger partial charge in [-0.1, -0.05) is 64.2 Å². The average molecular weight is 422 g/mol. The normalized spacial score (nSPS) is 16.5. The average Bonchev–Trinajstić information content (AvgIpc) is 3.16. The van der Waals surface area contributed by atoms with E-state index in [1.807, 2.05) is 0 Å². The molecule has 4 rings (SSSR count). The van der Waals surface area contributed by atoms with Gasteiger partial charge in [-0.2, -0.15) is 0 Å². The van der Waals surface area contributed by atoms with Gasteiger partial charge >= 0.3 is 0 Å². The molecule has 2 aromatic carbocycles. The molecular formula is C28H36FNO. The van der Waals surface area contributed by atoms with Gasteiger partial charge in [0.1, 0.15) is 11.6 Å². The van der Waals surface area contributed by atoms with Gasteiger partial charge in [0.05, 0.1) is 7.11 Å². The molecule has 0 bridgehead atoms. The number of ether oxygens (including phenoxy) is 1. The summed E-state index contributed by atoms with van der Waals surface area (Å²) in [6.07, 6.45) is 10.1. The molecule has 1 heterocycles. The highest BCUT2D eigenvalue weighted by Gasteiger charge is 2.30. The van der Waals surface area contributed by atoms with Crippen LogP contribution < -0.4 is 4.74 Å². The Morgan fingerprint density at radius 2 is 1.84 bits per heavy atom. The second-order valence-corrected chi connectivity index (χ2v) is 10.1. The molecule has 1 aliphatic carbocycles. The van der Waals surface area contributed by atoms with Crippen molar-refractivity contribution >= 4 is 10.9 Å². The Labute approximate surface area is 186 Å². The Morgan fingerprint density at radius 1 is 1.06 bits per heavy atom. The highest BCUT2D eigenvalue weighted by atomic mass is 19.1. The summed E-state index contributed by atoms with van der Waals surface area (Å²) in [7, 11) is 1.68. The summed E-state index contributed by atoms with van der Waals surface area (Å²) in [4.78, 5) is 3.64. The summed E-state index contributed by atoms with van der Waals surface area (Å²) in [5, 5.41) is 1.28. The van der Waals surface area contributed by atoms with Crippen molar-refractivity contribution in [3.8, 4) is 5.75 Å². The van der Waals surface area contributed by atoms with Crippen molar-refractivity contribution in [3.63, 3.8) is 0 Å². The fourth-order valence-corrected chi connectivity index (χ4v) is 5.73. The lowest BCUT2D eigenvalue weighted by molar-refractivity contribution is 0.246. The third-order valence-corrected chi connectivity index (χ3v) is 7.18. The number of benzene rings is 2. The van der Waals surface area contributed by atoms with Crippen LogP contribution in [0, 0.1) is 17.7 Å². The lowest BCUT2D eigenvalue weighted by Crippen LogP contribution is -2.26. The molecule has 0 saturated heterocycles. The first-order chi connectivity index (χ1) is 14.9. The van der Waals surface area contributed by atoms with Crippen molar-refractivity contribution in [2.75, 3.05) is 7.11 Å². The summed E-state index contributed by atoms with van der Waals surface area (Å²) < 4.78 is 19.7. The molecule has 1 aromatic heterocycles. The van der Waals surface area contributed by atoms with E-state index < -0.39 is 0 Å². The minimum Gasteiger partial charge on any atom is -0.496 e. The number of methoxy groups -OCH3 is 1. The molecule has 0 spiro atoms. The van der Waals surface area contributed by atoms with E-state index in [0.717, 1.165) is 30.1 Å². The van der Waals surface area contributed by atoms with Gasteiger partial charge in [0.25, 0.3) is 0 Å². The van der Waals surface area contributed by atoms with Crippen molar-refractivity contribution < 1.29 is 9.13 Å². The molecule has 1 saturated carbocycles. The number of aromatic amines is 1. The van der Waals surface area contributed by atoms with Crippen molar-refractivity contribution in [1.29, 1.82) is 0 Å². The maximum absolute atomic E-state index is 14.1. The summed E-state index contributed by atoms with van der Waals surface area (Å²) >= 11 is 0. The molecule has 3 aromatic rings. The molecule has 1 atom stereocenters. The van der Waals surface area contributed by atoms with E-state index in [1.54, 1.807) is 19.2 Å². The van der Waals surface area contributed by atoms with E-state index in [0.29, 0.717) is 5.92 Å². The van der Waals surface area contributed by atoms with Gasteiger partial charge in [-0.15, -0.1) is 0 Å². The van der Waals surface area contributed by atoms with E-state index in [4.69, 9.17) is 4.74 Å². The van der Waals surface area contributed by atoms with Gasteiger partial charge in [-0.3, -0.25) is 0 Å². The molecule has 166 valence electrons. The summed E-state index contributed by atoms with van der Waals surface area (Å²) in [5.74, 6) is 1.95. The van der Waals surface area contributed by atoms with E-state index in [9.17, 15) is 4.39 Å². The van der Waals surface area contributed by atoms with Crippen LogP contribution in [-0.4, -0.2) is 12.1 Å². The molecule has 3 heteroatoms. The molecule has 1 N–H and O–H groups in total. The molecule has 0 radical (unpaired) electrons. The van der Waals surface area contributed by atoms with E-state index in [1.165, 1.54) is 61.2 Å². The highest BCUT2D eigenvalue weighted by Crippen LogP contribution is 2.41. The van der Waals surface area contributed by atoms with Crippen LogP contribution in [0.25, 0.3) is 10.9 Å². The zero-order chi connectivity index (χ0) is 21.8. The number of aromatic nitrogens is 1. The first kappa shape index (κ1) is 21.9. The van der Waals surface area contributed by atoms with Crippen LogP contribution in [0.5, 0.6) is 5.75 Å². The number of nitrogens with one attached hydrogen (secondary N) is 1. The lowest BCUT2D eigenvalue weighted by Gasteiger charge is -2.34. The standard InChI is InChI=1S/C28H36FNO/c1-28(2,25-18-23(29)13-14-27(25)31-3)19-21(15-20-9-5-4-6-10-20)16-24-17-22-11-7-8-12-26(22)30-24/h7-8,11-14,17-18,20-21,30H,4-6,9-10,15-16,19H2,1-3H3. The Kier molecular flexibility index (Phi) is 6.69. The quantitative estimate of drug-likeness (QED) is 0.394. The van der Waals surface area contributed by atoms with Gasteiger partial charge < -0.3 is 9.72 Å². The molecule has 0 amide bonds. The largest absolute Gasteiger partial charge is 0.496 e. The SMILES string of the molecule is COc1ccc(F)cc1C(C)(C)CC(Cc1cc2ccccc2[nH]1)CC1CCCCC1. The number of hydrogen-bond acceptors (Lipinski definition) is 1. The number of H-pyrrole nitrogens is 1.